The SMILES string of the molecule is C=C(C)[C@@H]1CC[C@H]2[C@@]34COC5(OC(C)(C)O[C@H]1[C@@]25C(C)=O)[C@@H](O)[C@@H]3C(C)(C)CC[C@@H]4OC=O. The number of ketones is 1. The molecule has 0 aromatic carbocycles. The van der Waals surface area contributed by atoms with Crippen molar-refractivity contribution in [2.24, 2.45) is 34.0 Å². The Hall–Kier alpha value is -1.28. The Morgan fingerprint density at radius 2 is 1.85 bits per heavy atom. The third-order valence-electron chi connectivity index (χ3n) is 9.91. The van der Waals surface area contributed by atoms with Gasteiger partial charge in [-0.1, -0.05) is 26.0 Å². The molecule has 3 aliphatic carbocycles. The molecule has 3 saturated heterocycles. The van der Waals surface area contributed by atoms with Crippen LogP contribution in [0.4, 0.5) is 0 Å². The van der Waals surface area contributed by atoms with Gasteiger partial charge in [-0.3, -0.25) is 9.59 Å². The highest BCUT2D eigenvalue weighted by atomic mass is 16.8. The van der Waals surface area contributed by atoms with E-state index in [1.807, 2.05) is 20.8 Å². The van der Waals surface area contributed by atoms with Crippen molar-refractivity contribution in [3.05, 3.63) is 12.2 Å². The minimum absolute atomic E-state index is 0.0720. The molecule has 3 saturated carbocycles. The van der Waals surface area contributed by atoms with Crippen molar-refractivity contribution in [1.29, 1.82) is 0 Å². The van der Waals surface area contributed by atoms with Crippen molar-refractivity contribution >= 4 is 12.3 Å². The molecule has 3 aliphatic heterocycles. The van der Waals surface area contributed by atoms with Crippen molar-refractivity contribution in [3.63, 3.8) is 0 Å². The number of carbonyl (C=O) groups excluding carboxylic acids is 2. The molecule has 7 heteroatoms. The molecule has 0 radical (unpaired) electrons. The van der Waals surface area contributed by atoms with Gasteiger partial charge < -0.3 is 24.1 Å². The number of Topliss-reactive ketones (excluding diaryl/α,β-unsaturated/α-hetero) is 1. The number of ether oxygens (including phenoxy) is 4. The van der Waals surface area contributed by atoms with E-state index in [9.17, 15) is 14.7 Å². The van der Waals surface area contributed by atoms with E-state index in [4.69, 9.17) is 18.9 Å². The van der Waals surface area contributed by atoms with E-state index in [1.54, 1.807) is 6.92 Å². The monoisotopic (exact) mass is 462 g/mol. The van der Waals surface area contributed by atoms with Gasteiger partial charge in [0, 0.05) is 17.3 Å². The van der Waals surface area contributed by atoms with Gasteiger partial charge in [0.05, 0.1) is 12.7 Å². The number of rotatable bonds is 4. The average molecular weight is 463 g/mol. The zero-order valence-corrected chi connectivity index (χ0v) is 20.7. The Balaban J connectivity index is 1.83. The predicted octanol–water partition coefficient (Wildman–Crippen LogP) is 3.38. The number of carbonyl (C=O) groups is 2. The highest BCUT2D eigenvalue weighted by Crippen LogP contribution is 2.77. The zero-order valence-electron chi connectivity index (χ0n) is 20.7. The summed E-state index contributed by atoms with van der Waals surface area (Å²) in [7, 11) is 0. The Morgan fingerprint density at radius 1 is 1.15 bits per heavy atom. The van der Waals surface area contributed by atoms with Crippen LogP contribution in [-0.2, 0) is 28.5 Å². The molecular formula is C26H38O7. The summed E-state index contributed by atoms with van der Waals surface area (Å²) >= 11 is 0. The smallest absolute Gasteiger partial charge is 0.293 e. The highest BCUT2D eigenvalue weighted by molar-refractivity contribution is 5.86. The van der Waals surface area contributed by atoms with Crippen molar-refractivity contribution in [1.82, 2.24) is 0 Å². The first-order valence-electron chi connectivity index (χ1n) is 12.3. The third-order valence-corrected chi connectivity index (χ3v) is 9.91. The van der Waals surface area contributed by atoms with Crippen molar-refractivity contribution in [3.8, 4) is 0 Å². The van der Waals surface area contributed by atoms with E-state index in [0.29, 0.717) is 12.9 Å². The number of aliphatic hydroxyl groups excluding tert-OH is 1. The second-order valence-electron chi connectivity index (χ2n) is 12.3. The average Bonchev–Trinajstić information content (AvgIpc) is 2.70. The molecule has 1 N–H and O–H groups in total. The van der Waals surface area contributed by atoms with E-state index in [2.05, 4.69) is 20.4 Å². The normalized spacial score (nSPS) is 51.1. The largest absolute Gasteiger partial charge is 0.464 e. The molecule has 1 unspecified atom stereocenters. The molecule has 0 amide bonds. The second kappa shape index (κ2) is 6.90. The molecule has 6 fully saturated rings. The van der Waals surface area contributed by atoms with Crippen LogP contribution in [0.3, 0.4) is 0 Å². The summed E-state index contributed by atoms with van der Waals surface area (Å²) in [6.45, 7) is 16.5. The summed E-state index contributed by atoms with van der Waals surface area (Å²) < 4.78 is 25.5. The predicted molar refractivity (Wildman–Crippen MR) is 119 cm³/mol. The number of hydrogen-bond acceptors (Lipinski definition) is 7. The molecule has 33 heavy (non-hydrogen) atoms. The standard InChI is InChI=1S/C26H38O7/c1-14(2)16-8-9-17-24-12-31-26(25(17,15(3)28)21(16)32-23(6,7)33-26)20(29)19(24)22(4,5)11-10-18(24)30-13-27/h13,16-21,29H,1,8-12H2,2-7H3/t16-,17-,18-,19+,20-,21+,24+,25+,26?/m0/s1. The van der Waals surface area contributed by atoms with Gasteiger partial charge in [-0.2, -0.15) is 0 Å². The minimum atomic E-state index is -1.53. The van der Waals surface area contributed by atoms with Crippen LogP contribution >= 0.6 is 0 Å². The zero-order chi connectivity index (χ0) is 24.2. The van der Waals surface area contributed by atoms with E-state index < -0.39 is 40.7 Å². The van der Waals surface area contributed by atoms with Gasteiger partial charge in [0.1, 0.15) is 23.4 Å². The van der Waals surface area contributed by atoms with Crippen LogP contribution in [0.25, 0.3) is 0 Å². The Labute approximate surface area is 196 Å². The van der Waals surface area contributed by atoms with Crippen LogP contribution in [-0.4, -0.2) is 53.9 Å². The van der Waals surface area contributed by atoms with Gasteiger partial charge in [0.2, 0.25) is 5.79 Å². The lowest BCUT2D eigenvalue weighted by atomic mass is 9.33. The van der Waals surface area contributed by atoms with Crippen LogP contribution in [0.5, 0.6) is 0 Å². The lowest BCUT2D eigenvalue weighted by Crippen LogP contribution is -2.90. The summed E-state index contributed by atoms with van der Waals surface area (Å²) in [5.74, 6) is -3.25. The molecule has 9 atom stereocenters. The number of hydrogen-bond donors (Lipinski definition) is 1. The maximum absolute atomic E-state index is 13.9. The van der Waals surface area contributed by atoms with Crippen molar-refractivity contribution < 1.29 is 33.6 Å². The molecule has 7 nitrogen and oxygen atoms in total. The van der Waals surface area contributed by atoms with Crippen LogP contribution in [0.15, 0.2) is 12.2 Å². The molecule has 2 bridgehead atoms. The summed E-state index contributed by atoms with van der Waals surface area (Å²) in [6.07, 6.45) is 0.923. The third kappa shape index (κ3) is 2.55. The van der Waals surface area contributed by atoms with Gasteiger partial charge in [-0.15, -0.1) is 0 Å². The quantitative estimate of drug-likeness (QED) is 0.506. The second-order valence-corrected chi connectivity index (χ2v) is 12.3. The molecule has 3 heterocycles. The maximum Gasteiger partial charge on any atom is 0.293 e. The number of aliphatic hydroxyl groups is 1. The Bertz CT molecular complexity index is 895. The number of fused-ring (bicyclic) bond motifs is 1. The Morgan fingerprint density at radius 3 is 2.45 bits per heavy atom. The van der Waals surface area contributed by atoms with E-state index in [1.165, 1.54) is 0 Å². The van der Waals surface area contributed by atoms with Crippen LogP contribution < -0.4 is 0 Å². The van der Waals surface area contributed by atoms with Gasteiger partial charge in [-0.25, -0.2) is 0 Å². The van der Waals surface area contributed by atoms with Gasteiger partial charge in [0.25, 0.3) is 6.47 Å². The lowest BCUT2D eigenvalue weighted by molar-refractivity contribution is -0.538. The van der Waals surface area contributed by atoms with E-state index in [-0.39, 0.29) is 35.6 Å². The summed E-state index contributed by atoms with van der Waals surface area (Å²) in [5.41, 5.74) is -1.24. The topological polar surface area (TPSA) is 91.3 Å². The summed E-state index contributed by atoms with van der Waals surface area (Å²) in [4.78, 5) is 25.5. The first kappa shape index (κ1) is 23.5. The van der Waals surface area contributed by atoms with Gasteiger partial charge in [0.15, 0.2) is 5.79 Å². The van der Waals surface area contributed by atoms with E-state index in [0.717, 1.165) is 24.8 Å². The molecule has 0 aromatic heterocycles. The first-order chi connectivity index (χ1) is 15.3. The molecule has 6 aliphatic rings. The van der Waals surface area contributed by atoms with Crippen molar-refractivity contribution in [2.45, 2.75) is 97.1 Å². The maximum atomic E-state index is 13.9. The van der Waals surface area contributed by atoms with Crippen molar-refractivity contribution in [2.75, 3.05) is 6.61 Å². The fraction of sp³-hybridized carbons (Fsp3) is 0.846. The fourth-order valence-corrected chi connectivity index (χ4v) is 9.08. The minimum Gasteiger partial charge on any atom is -0.464 e. The summed E-state index contributed by atoms with van der Waals surface area (Å²) in [5, 5.41) is 12.2. The van der Waals surface area contributed by atoms with Crippen LogP contribution in [0, 0.1) is 34.0 Å². The first-order valence-corrected chi connectivity index (χ1v) is 12.3. The van der Waals surface area contributed by atoms with Gasteiger partial charge in [-0.05, 0) is 64.7 Å². The van der Waals surface area contributed by atoms with Crippen LogP contribution in [0.2, 0.25) is 0 Å². The molecular weight excluding hydrogens is 424 g/mol. The van der Waals surface area contributed by atoms with Gasteiger partial charge >= 0.3 is 0 Å². The lowest BCUT2D eigenvalue weighted by Gasteiger charge is -2.79. The molecule has 2 spiro atoms. The Kier molecular flexibility index (Phi) is 4.90. The van der Waals surface area contributed by atoms with Crippen LogP contribution in [0.1, 0.15) is 67.2 Å². The van der Waals surface area contributed by atoms with E-state index >= 15 is 0 Å². The molecule has 6 rings (SSSR count). The molecule has 0 aromatic rings. The summed E-state index contributed by atoms with van der Waals surface area (Å²) in [6, 6.07) is 0. The fourth-order valence-electron chi connectivity index (χ4n) is 9.08. The molecule has 184 valence electrons. The highest BCUT2D eigenvalue weighted by Gasteiger charge is 2.87.